The maximum Gasteiger partial charge on any atom is 0.317 e. The molecule has 1 atom stereocenters. The van der Waals surface area contributed by atoms with E-state index in [1.54, 1.807) is 6.92 Å². The largest absolute Gasteiger partial charge is 0.466 e. The maximum absolute atomic E-state index is 13.3. The number of carbonyl (C=O) groups is 2. The quantitative estimate of drug-likeness (QED) is 0.410. The number of fused-ring (bicyclic) bond motifs is 3. The molecule has 8 heteroatoms. The van der Waals surface area contributed by atoms with Crippen LogP contribution in [0.2, 0.25) is 0 Å². The van der Waals surface area contributed by atoms with Gasteiger partial charge in [-0.1, -0.05) is 42.5 Å². The summed E-state index contributed by atoms with van der Waals surface area (Å²) in [6.07, 6.45) is 2.98. The standard InChI is InChI=1S/C28H31N5O3/c1-2-36-26(34)20-23(21-10-4-3-5-11-21)30-28(35)32-16-9-15-31(18-19-32)27-25-14-8-17-33(25)24-13-7-6-12-22(24)29-27/h3-8,10-14,17,23H,2,9,15-16,18-20H2,1H3,(H,30,35)/t23-/m1/s1. The summed E-state index contributed by atoms with van der Waals surface area (Å²) in [6.45, 7) is 4.77. The lowest BCUT2D eigenvalue weighted by Gasteiger charge is -2.26. The molecule has 36 heavy (non-hydrogen) atoms. The number of hydrogen-bond donors (Lipinski definition) is 1. The fraction of sp³-hybridized carbons (Fsp3) is 0.321. The minimum absolute atomic E-state index is 0.0940. The van der Waals surface area contributed by atoms with Crippen molar-refractivity contribution in [1.82, 2.24) is 19.6 Å². The third-order valence-electron chi connectivity index (χ3n) is 6.60. The first-order valence-corrected chi connectivity index (χ1v) is 12.5. The van der Waals surface area contributed by atoms with Crippen LogP contribution >= 0.6 is 0 Å². The van der Waals surface area contributed by atoms with Crippen molar-refractivity contribution in [2.75, 3.05) is 37.7 Å². The highest BCUT2D eigenvalue weighted by Gasteiger charge is 2.25. The molecule has 3 heterocycles. The summed E-state index contributed by atoms with van der Waals surface area (Å²) in [6, 6.07) is 21.2. The first kappa shape index (κ1) is 23.7. The Balaban J connectivity index is 1.31. The summed E-state index contributed by atoms with van der Waals surface area (Å²) in [5, 5.41) is 3.07. The summed E-state index contributed by atoms with van der Waals surface area (Å²) in [5.41, 5.74) is 3.96. The van der Waals surface area contributed by atoms with Crippen molar-refractivity contribution in [1.29, 1.82) is 0 Å². The molecule has 1 fully saturated rings. The number of ether oxygens (including phenoxy) is 1. The molecule has 0 radical (unpaired) electrons. The van der Waals surface area contributed by atoms with E-state index >= 15 is 0 Å². The zero-order valence-electron chi connectivity index (χ0n) is 20.5. The predicted octanol–water partition coefficient (Wildman–Crippen LogP) is 4.40. The van der Waals surface area contributed by atoms with Gasteiger partial charge in [-0.25, -0.2) is 9.78 Å². The number of hydrogen-bond acceptors (Lipinski definition) is 5. The highest BCUT2D eigenvalue weighted by atomic mass is 16.5. The number of amides is 2. The molecule has 1 N–H and O–H groups in total. The van der Waals surface area contributed by atoms with Crippen LogP contribution in [0.5, 0.6) is 0 Å². The number of anilines is 1. The van der Waals surface area contributed by atoms with E-state index in [-0.39, 0.29) is 18.4 Å². The summed E-state index contributed by atoms with van der Waals surface area (Å²) in [5.74, 6) is 0.609. The summed E-state index contributed by atoms with van der Waals surface area (Å²) in [7, 11) is 0. The van der Waals surface area contributed by atoms with Crippen LogP contribution < -0.4 is 10.2 Å². The second-order valence-corrected chi connectivity index (χ2v) is 8.94. The Morgan fingerprint density at radius 2 is 1.72 bits per heavy atom. The fourth-order valence-corrected chi connectivity index (χ4v) is 4.84. The molecule has 0 unspecified atom stereocenters. The Kier molecular flexibility index (Phi) is 7.02. The van der Waals surface area contributed by atoms with Crippen LogP contribution in [0, 0.1) is 0 Å². The number of nitrogens with zero attached hydrogens (tertiary/aromatic N) is 4. The zero-order valence-corrected chi connectivity index (χ0v) is 20.5. The zero-order chi connectivity index (χ0) is 24.9. The van der Waals surface area contributed by atoms with Gasteiger partial charge in [-0.05, 0) is 43.2 Å². The molecular weight excluding hydrogens is 454 g/mol. The van der Waals surface area contributed by atoms with Crippen molar-refractivity contribution in [3.05, 3.63) is 78.5 Å². The molecule has 0 saturated carbocycles. The Morgan fingerprint density at radius 3 is 2.56 bits per heavy atom. The van der Waals surface area contributed by atoms with Crippen molar-refractivity contribution in [3.8, 4) is 0 Å². The van der Waals surface area contributed by atoms with Gasteiger partial charge in [-0.15, -0.1) is 0 Å². The number of rotatable bonds is 6. The molecule has 2 amide bonds. The van der Waals surface area contributed by atoms with Crippen LogP contribution in [0.25, 0.3) is 16.6 Å². The van der Waals surface area contributed by atoms with E-state index in [1.165, 1.54) is 0 Å². The number of esters is 1. The van der Waals surface area contributed by atoms with Gasteiger partial charge in [0, 0.05) is 32.4 Å². The van der Waals surface area contributed by atoms with E-state index in [2.05, 4.69) is 32.9 Å². The van der Waals surface area contributed by atoms with Gasteiger partial charge in [0.1, 0.15) is 0 Å². The molecule has 2 aromatic carbocycles. The monoisotopic (exact) mass is 485 g/mol. The van der Waals surface area contributed by atoms with E-state index in [9.17, 15) is 9.59 Å². The van der Waals surface area contributed by atoms with Gasteiger partial charge >= 0.3 is 12.0 Å². The third kappa shape index (κ3) is 4.98. The summed E-state index contributed by atoms with van der Waals surface area (Å²) < 4.78 is 7.32. The number of aromatic nitrogens is 2. The molecule has 4 aromatic rings. The van der Waals surface area contributed by atoms with Crippen molar-refractivity contribution < 1.29 is 14.3 Å². The van der Waals surface area contributed by atoms with E-state index in [0.29, 0.717) is 26.2 Å². The number of para-hydroxylation sites is 2. The molecule has 2 aromatic heterocycles. The summed E-state index contributed by atoms with van der Waals surface area (Å²) in [4.78, 5) is 34.6. The van der Waals surface area contributed by atoms with Crippen molar-refractivity contribution in [2.45, 2.75) is 25.8 Å². The lowest BCUT2D eigenvalue weighted by molar-refractivity contribution is -0.143. The van der Waals surface area contributed by atoms with Crippen LogP contribution in [-0.4, -0.2) is 59.1 Å². The molecule has 1 aliphatic heterocycles. The molecule has 8 nitrogen and oxygen atoms in total. The van der Waals surface area contributed by atoms with Gasteiger partial charge in [0.15, 0.2) is 5.82 Å². The topological polar surface area (TPSA) is 79.2 Å². The Labute approximate surface area is 210 Å². The van der Waals surface area contributed by atoms with Crippen LogP contribution in [0.15, 0.2) is 72.9 Å². The van der Waals surface area contributed by atoms with Gasteiger partial charge in [-0.3, -0.25) is 4.79 Å². The molecule has 0 bridgehead atoms. The molecule has 0 spiro atoms. The van der Waals surface area contributed by atoms with Gasteiger partial charge in [0.2, 0.25) is 0 Å². The second-order valence-electron chi connectivity index (χ2n) is 8.94. The fourth-order valence-electron chi connectivity index (χ4n) is 4.84. The highest BCUT2D eigenvalue weighted by Crippen LogP contribution is 2.26. The first-order valence-electron chi connectivity index (χ1n) is 12.5. The first-order chi connectivity index (χ1) is 17.6. The highest BCUT2D eigenvalue weighted by molar-refractivity contribution is 5.85. The summed E-state index contributed by atoms with van der Waals surface area (Å²) >= 11 is 0. The molecule has 186 valence electrons. The van der Waals surface area contributed by atoms with Crippen molar-refractivity contribution in [2.24, 2.45) is 0 Å². The number of benzene rings is 2. The smallest absolute Gasteiger partial charge is 0.317 e. The van der Waals surface area contributed by atoms with Crippen LogP contribution in [-0.2, 0) is 9.53 Å². The molecule has 1 aliphatic rings. The average molecular weight is 486 g/mol. The van der Waals surface area contributed by atoms with Crippen LogP contribution in [0.3, 0.4) is 0 Å². The normalized spacial score (nSPS) is 15.0. The van der Waals surface area contributed by atoms with Crippen LogP contribution in [0.1, 0.15) is 31.4 Å². The third-order valence-corrected chi connectivity index (χ3v) is 6.60. The number of nitrogens with one attached hydrogen (secondary N) is 1. The number of urea groups is 1. The lowest BCUT2D eigenvalue weighted by atomic mass is 10.0. The van der Waals surface area contributed by atoms with E-state index in [1.807, 2.05) is 59.5 Å². The molecule has 0 aliphatic carbocycles. The van der Waals surface area contributed by atoms with Gasteiger partial charge < -0.3 is 24.3 Å². The van der Waals surface area contributed by atoms with E-state index in [4.69, 9.17) is 9.72 Å². The molecule has 1 saturated heterocycles. The predicted molar refractivity (Wildman–Crippen MR) is 140 cm³/mol. The Bertz CT molecular complexity index is 1350. The van der Waals surface area contributed by atoms with Crippen LogP contribution in [0.4, 0.5) is 10.6 Å². The SMILES string of the molecule is CCOC(=O)C[C@@H](NC(=O)N1CCCN(c2nc3ccccc3n3cccc23)CC1)c1ccccc1. The average Bonchev–Trinajstić information content (AvgIpc) is 3.27. The van der Waals surface area contributed by atoms with Gasteiger partial charge in [0.25, 0.3) is 0 Å². The van der Waals surface area contributed by atoms with Gasteiger partial charge in [-0.2, -0.15) is 0 Å². The van der Waals surface area contributed by atoms with Crippen molar-refractivity contribution in [3.63, 3.8) is 0 Å². The number of carbonyl (C=O) groups excluding carboxylic acids is 2. The van der Waals surface area contributed by atoms with Crippen molar-refractivity contribution >= 4 is 34.4 Å². The minimum atomic E-state index is -0.445. The Morgan fingerprint density at radius 1 is 0.944 bits per heavy atom. The molecular formula is C28H31N5O3. The molecule has 5 rings (SSSR count). The maximum atomic E-state index is 13.3. The Hall–Kier alpha value is -4.07. The van der Waals surface area contributed by atoms with E-state index in [0.717, 1.165) is 40.9 Å². The second kappa shape index (κ2) is 10.7. The lowest BCUT2D eigenvalue weighted by Crippen LogP contribution is -2.44. The van der Waals surface area contributed by atoms with E-state index < -0.39 is 6.04 Å². The van der Waals surface area contributed by atoms with Gasteiger partial charge in [0.05, 0.1) is 35.6 Å². The minimum Gasteiger partial charge on any atom is -0.466 e.